The molecule has 2 atom stereocenters. The van der Waals surface area contributed by atoms with Gasteiger partial charge in [0.05, 0.1) is 0 Å². The van der Waals surface area contributed by atoms with Crippen molar-refractivity contribution in [1.29, 1.82) is 0 Å². The molecule has 0 radical (unpaired) electrons. The lowest BCUT2D eigenvalue weighted by Gasteiger charge is -2.19. The zero-order valence-corrected chi connectivity index (χ0v) is 11.0. The Balaban J connectivity index is 2.13. The minimum atomic E-state index is 0.474. The molecule has 0 bridgehead atoms. The third-order valence-electron chi connectivity index (χ3n) is 2.92. The fourth-order valence-corrected chi connectivity index (χ4v) is 3.56. The van der Waals surface area contributed by atoms with Gasteiger partial charge in [0.1, 0.15) is 0 Å². The highest BCUT2D eigenvalue weighted by Crippen LogP contribution is 2.38. The topological polar surface area (TPSA) is 12.0 Å². The molecule has 0 fully saturated rings. The van der Waals surface area contributed by atoms with Crippen LogP contribution in [0.25, 0.3) is 0 Å². The van der Waals surface area contributed by atoms with Crippen molar-refractivity contribution in [3.63, 3.8) is 0 Å². The molecule has 2 heteroatoms. The predicted octanol–water partition coefficient (Wildman–Crippen LogP) is 3.26. The molecule has 1 heterocycles. The lowest BCUT2D eigenvalue weighted by Crippen LogP contribution is -2.33. The molecule has 0 spiro atoms. The minimum absolute atomic E-state index is 0.474. The Kier molecular flexibility index (Phi) is 3.72. The summed E-state index contributed by atoms with van der Waals surface area (Å²) in [6.45, 7) is 4.33. The van der Waals surface area contributed by atoms with Crippen LogP contribution in [0.15, 0.2) is 40.8 Å². The Hall–Kier alpha value is -0.730. The first-order valence-electron chi connectivity index (χ1n) is 5.77. The first-order chi connectivity index (χ1) is 7.70. The van der Waals surface area contributed by atoms with E-state index in [1.165, 1.54) is 22.5 Å². The zero-order valence-electron chi connectivity index (χ0n) is 10.2. The summed E-state index contributed by atoms with van der Waals surface area (Å²) >= 11 is 2.00. The molecule has 2 unspecified atom stereocenters. The van der Waals surface area contributed by atoms with Crippen molar-refractivity contribution in [2.24, 2.45) is 0 Å². The molecule has 1 aliphatic rings. The van der Waals surface area contributed by atoms with Crippen molar-refractivity contribution in [1.82, 2.24) is 5.32 Å². The normalized spacial score (nSPS) is 20.3. The van der Waals surface area contributed by atoms with Crippen LogP contribution in [0, 0.1) is 0 Å². The van der Waals surface area contributed by atoms with Gasteiger partial charge in [0, 0.05) is 16.2 Å². The van der Waals surface area contributed by atoms with Crippen LogP contribution in [0.4, 0.5) is 0 Å². The molecule has 1 aromatic rings. The van der Waals surface area contributed by atoms with Gasteiger partial charge in [-0.05, 0) is 38.9 Å². The molecular formula is C14H19NS. The summed E-state index contributed by atoms with van der Waals surface area (Å²) in [4.78, 5) is 1.45. The molecule has 1 N–H and O–H groups in total. The molecule has 2 rings (SSSR count). The fourth-order valence-electron chi connectivity index (χ4n) is 2.14. The Labute approximate surface area is 102 Å². The number of nitrogens with one attached hydrogen (secondary N) is 1. The predicted molar refractivity (Wildman–Crippen MR) is 72.1 cm³/mol. The maximum Gasteiger partial charge on any atom is 0.0376 e. The highest BCUT2D eigenvalue weighted by Gasteiger charge is 2.26. The average molecular weight is 233 g/mol. The van der Waals surface area contributed by atoms with Gasteiger partial charge in [-0.15, -0.1) is 11.8 Å². The van der Waals surface area contributed by atoms with Gasteiger partial charge in [0.25, 0.3) is 0 Å². The average Bonchev–Trinajstić information content (AvgIpc) is 2.68. The van der Waals surface area contributed by atoms with E-state index in [1.54, 1.807) is 0 Å². The highest BCUT2D eigenvalue weighted by atomic mass is 32.2. The Morgan fingerprint density at radius 3 is 2.81 bits per heavy atom. The second-order valence-corrected chi connectivity index (χ2v) is 5.81. The summed E-state index contributed by atoms with van der Waals surface area (Å²) in [5.74, 6) is 0. The van der Waals surface area contributed by atoms with Crippen LogP contribution in [0.1, 0.15) is 19.4 Å². The van der Waals surface area contributed by atoms with Gasteiger partial charge in [-0.3, -0.25) is 0 Å². The van der Waals surface area contributed by atoms with E-state index < -0.39 is 0 Å². The third kappa shape index (κ3) is 2.50. The quantitative estimate of drug-likeness (QED) is 0.804. The number of allylic oxidation sites excluding steroid dienone is 1. The van der Waals surface area contributed by atoms with Gasteiger partial charge in [-0.1, -0.05) is 29.8 Å². The molecular weight excluding hydrogens is 214 g/mol. The van der Waals surface area contributed by atoms with Crippen LogP contribution >= 0.6 is 11.8 Å². The molecule has 1 aromatic carbocycles. The smallest absolute Gasteiger partial charge is 0.0376 e. The van der Waals surface area contributed by atoms with Crippen LogP contribution < -0.4 is 5.32 Å². The number of benzene rings is 1. The first-order valence-corrected chi connectivity index (χ1v) is 6.65. The standard InChI is InChI=1S/C14H19NS/c1-10(2)8-12(15-3)14-9-11-6-4-5-7-13(11)16-14/h4-8,12,14-15H,9H2,1-3H3. The monoisotopic (exact) mass is 233 g/mol. The fraction of sp³-hybridized carbons (Fsp3) is 0.429. The Morgan fingerprint density at radius 2 is 2.19 bits per heavy atom. The summed E-state index contributed by atoms with van der Waals surface area (Å²) in [5.41, 5.74) is 2.89. The van der Waals surface area contributed by atoms with Gasteiger partial charge in [-0.2, -0.15) is 0 Å². The number of likely N-dealkylation sites (N-methyl/N-ethyl adjacent to an activating group) is 1. The van der Waals surface area contributed by atoms with E-state index in [2.05, 4.69) is 49.5 Å². The van der Waals surface area contributed by atoms with Crippen LogP contribution in [-0.2, 0) is 6.42 Å². The SMILES string of the molecule is CNC(C=C(C)C)C1Cc2ccccc2S1. The van der Waals surface area contributed by atoms with E-state index in [9.17, 15) is 0 Å². The van der Waals surface area contributed by atoms with Crippen molar-refractivity contribution in [3.8, 4) is 0 Å². The summed E-state index contributed by atoms with van der Waals surface area (Å²) < 4.78 is 0. The van der Waals surface area contributed by atoms with Crippen LogP contribution in [0.3, 0.4) is 0 Å². The number of rotatable bonds is 3. The van der Waals surface area contributed by atoms with Crippen LogP contribution in [0.5, 0.6) is 0 Å². The van der Waals surface area contributed by atoms with Crippen LogP contribution in [-0.4, -0.2) is 18.3 Å². The maximum absolute atomic E-state index is 3.41. The number of fused-ring (bicyclic) bond motifs is 1. The number of thioether (sulfide) groups is 1. The van der Waals surface area contributed by atoms with E-state index in [0.29, 0.717) is 11.3 Å². The van der Waals surface area contributed by atoms with E-state index in [0.717, 1.165) is 0 Å². The molecule has 0 amide bonds. The largest absolute Gasteiger partial charge is 0.313 e. The minimum Gasteiger partial charge on any atom is -0.313 e. The molecule has 1 nitrogen and oxygen atoms in total. The Bertz CT molecular complexity index is 368. The van der Waals surface area contributed by atoms with Crippen molar-refractivity contribution < 1.29 is 0 Å². The second kappa shape index (κ2) is 5.07. The Morgan fingerprint density at radius 1 is 1.44 bits per heavy atom. The van der Waals surface area contributed by atoms with Crippen molar-refractivity contribution in [2.45, 2.75) is 36.5 Å². The van der Waals surface area contributed by atoms with E-state index in [1.807, 2.05) is 18.8 Å². The van der Waals surface area contributed by atoms with Gasteiger partial charge < -0.3 is 5.32 Å². The van der Waals surface area contributed by atoms with E-state index in [-0.39, 0.29) is 0 Å². The summed E-state index contributed by atoms with van der Waals surface area (Å²) in [6, 6.07) is 9.22. The van der Waals surface area contributed by atoms with Gasteiger partial charge in [-0.25, -0.2) is 0 Å². The molecule has 0 saturated carbocycles. The zero-order chi connectivity index (χ0) is 11.5. The van der Waals surface area contributed by atoms with Gasteiger partial charge >= 0.3 is 0 Å². The van der Waals surface area contributed by atoms with Crippen molar-refractivity contribution >= 4 is 11.8 Å². The molecule has 0 saturated heterocycles. The third-order valence-corrected chi connectivity index (χ3v) is 4.33. The number of hydrogen-bond donors (Lipinski definition) is 1. The maximum atomic E-state index is 3.41. The molecule has 86 valence electrons. The lowest BCUT2D eigenvalue weighted by molar-refractivity contribution is 0.631. The van der Waals surface area contributed by atoms with E-state index in [4.69, 9.17) is 0 Å². The van der Waals surface area contributed by atoms with Crippen LogP contribution in [0.2, 0.25) is 0 Å². The molecule has 1 aliphatic heterocycles. The lowest BCUT2D eigenvalue weighted by atomic mass is 10.0. The van der Waals surface area contributed by atoms with Gasteiger partial charge in [0.15, 0.2) is 0 Å². The highest BCUT2D eigenvalue weighted by molar-refractivity contribution is 8.00. The summed E-state index contributed by atoms with van der Waals surface area (Å²) in [6.07, 6.45) is 3.51. The van der Waals surface area contributed by atoms with Crippen molar-refractivity contribution in [2.75, 3.05) is 7.05 Å². The summed E-state index contributed by atoms with van der Waals surface area (Å²) in [7, 11) is 2.05. The molecule has 0 aromatic heterocycles. The molecule has 16 heavy (non-hydrogen) atoms. The first kappa shape index (κ1) is 11.7. The number of hydrogen-bond acceptors (Lipinski definition) is 2. The molecule has 0 aliphatic carbocycles. The summed E-state index contributed by atoms with van der Waals surface area (Å²) in [5, 5.41) is 4.05. The van der Waals surface area contributed by atoms with Gasteiger partial charge in [0.2, 0.25) is 0 Å². The van der Waals surface area contributed by atoms with Crippen molar-refractivity contribution in [3.05, 3.63) is 41.5 Å². The second-order valence-electron chi connectivity index (χ2n) is 4.53. The van der Waals surface area contributed by atoms with E-state index >= 15 is 0 Å².